The maximum Gasteiger partial charge on any atom is 0.220 e. The highest BCUT2D eigenvalue weighted by Gasteiger charge is 2.22. The van der Waals surface area contributed by atoms with Crippen LogP contribution in [0.2, 0.25) is 0 Å². The minimum absolute atomic E-state index is 0.0712. The molecule has 0 aliphatic rings. The molecule has 0 aliphatic heterocycles. The van der Waals surface area contributed by atoms with E-state index in [1.807, 2.05) is 25.3 Å². The fourth-order valence-electron chi connectivity index (χ4n) is 1.61. The molecule has 0 saturated heterocycles. The molecule has 1 rings (SSSR count). The van der Waals surface area contributed by atoms with Gasteiger partial charge in [-0.25, -0.2) is 0 Å². The van der Waals surface area contributed by atoms with Crippen LogP contribution in [0.4, 0.5) is 0 Å². The molecule has 0 aliphatic carbocycles. The lowest BCUT2D eigenvalue weighted by Crippen LogP contribution is -2.37. The summed E-state index contributed by atoms with van der Waals surface area (Å²) in [4.78, 5) is 14.8. The zero-order valence-corrected chi connectivity index (χ0v) is 10.9. The molecule has 0 fully saturated rings. The average molecular weight is 237 g/mol. The molecule has 1 amide bonds. The first kappa shape index (κ1) is 13.8. The number of hydrogen-bond acceptors (Lipinski definition) is 2. The molecule has 1 heterocycles. The molecule has 0 spiro atoms. The Balaban J connectivity index is 2.37. The highest BCUT2D eigenvalue weighted by atomic mass is 16.1. The molecule has 4 N–H and O–H groups in total. The highest BCUT2D eigenvalue weighted by molar-refractivity contribution is 5.76. The predicted molar refractivity (Wildman–Crippen MR) is 69.7 cm³/mol. The van der Waals surface area contributed by atoms with Gasteiger partial charge in [-0.05, 0) is 25.5 Å². The molecule has 96 valence electrons. The van der Waals surface area contributed by atoms with Crippen molar-refractivity contribution >= 4 is 5.91 Å². The van der Waals surface area contributed by atoms with Crippen molar-refractivity contribution in [1.29, 1.82) is 0 Å². The summed E-state index contributed by atoms with van der Waals surface area (Å²) < 4.78 is 0. The standard InChI is InChI=1S/C13H23N3O/c1-10(14)6-7-12(17)16-9-13(2,3)11-5-4-8-15-11/h4-5,8,10,15H,6-7,9,14H2,1-3H3,(H,16,17). The summed E-state index contributed by atoms with van der Waals surface area (Å²) in [5.74, 6) is 0.0712. The number of hydrogen-bond donors (Lipinski definition) is 3. The average Bonchev–Trinajstić information content (AvgIpc) is 2.77. The van der Waals surface area contributed by atoms with E-state index in [0.29, 0.717) is 13.0 Å². The third-order valence-corrected chi connectivity index (χ3v) is 2.88. The molecule has 0 radical (unpaired) electrons. The number of nitrogens with two attached hydrogens (primary N) is 1. The summed E-state index contributed by atoms with van der Waals surface area (Å²) >= 11 is 0. The van der Waals surface area contributed by atoms with Crippen molar-refractivity contribution in [2.24, 2.45) is 5.73 Å². The van der Waals surface area contributed by atoms with Crippen LogP contribution >= 0.6 is 0 Å². The van der Waals surface area contributed by atoms with Crippen LogP contribution in [0.3, 0.4) is 0 Å². The molecule has 1 aromatic rings. The van der Waals surface area contributed by atoms with E-state index in [0.717, 1.165) is 12.1 Å². The molecule has 17 heavy (non-hydrogen) atoms. The van der Waals surface area contributed by atoms with E-state index in [1.54, 1.807) is 0 Å². The second kappa shape index (κ2) is 5.87. The minimum atomic E-state index is -0.0759. The summed E-state index contributed by atoms with van der Waals surface area (Å²) in [6.45, 7) is 6.75. The van der Waals surface area contributed by atoms with Crippen LogP contribution in [-0.4, -0.2) is 23.5 Å². The van der Waals surface area contributed by atoms with Gasteiger partial charge in [0.05, 0.1) is 0 Å². The largest absolute Gasteiger partial charge is 0.364 e. The summed E-state index contributed by atoms with van der Waals surface area (Å²) in [5.41, 5.74) is 6.67. The van der Waals surface area contributed by atoms with Gasteiger partial charge < -0.3 is 16.0 Å². The van der Waals surface area contributed by atoms with Crippen molar-refractivity contribution in [3.05, 3.63) is 24.0 Å². The van der Waals surface area contributed by atoms with Crippen LogP contribution in [0.5, 0.6) is 0 Å². The summed E-state index contributed by atoms with van der Waals surface area (Å²) in [7, 11) is 0. The second-order valence-corrected chi connectivity index (χ2v) is 5.26. The van der Waals surface area contributed by atoms with Gasteiger partial charge in [0.1, 0.15) is 0 Å². The molecular formula is C13H23N3O. The Morgan fingerprint density at radius 1 is 1.59 bits per heavy atom. The number of carbonyl (C=O) groups excluding carboxylic acids is 1. The third-order valence-electron chi connectivity index (χ3n) is 2.88. The normalized spacial score (nSPS) is 13.4. The van der Waals surface area contributed by atoms with Gasteiger partial charge in [-0.1, -0.05) is 13.8 Å². The van der Waals surface area contributed by atoms with E-state index >= 15 is 0 Å². The second-order valence-electron chi connectivity index (χ2n) is 5.26. The Bertz CT molecular complexity index is 342. The molecule has 4 nitrogen and oxygen atoms in total. The lowest BCUT2D eigenvalue weighted by Gasteiger charge is -2.24. The van der Waals surface area contributed by atoms with E-state index in [2.05, 4.69) is 24.1 Å². The third kappa shape index (κ3) is 4.61. The van der Waals surface area contributed by atoms with Crippen LogP contribution in [-0.2, 0) is 10.2 Å². The number of aromatic amines is 1. The molecule has 0 saturated carbocycles. The minimum Gasteiger partial charge on any atom is -0.364 e. The Morgan fingerprint density at radius 3 is 2.82 bits per heavy atom. The van der Waals surface area contributed by atoms with Crippen LogP contribution < -0.4 is 11.1 Å². The molecule has 1 atom stereocenters. The summed E-state index contributed by atoms with van der Waals surface area (Å²) in [6, 6.07) is 4.08. The van der Waals surface area contributed by atoms with Crippen LogP contribution in [0.25, 0.3) is 0 Å². The molecule has 4 heteroatoms. The van der Waals surface area contributed by atoms with Gasteiger partial charge in [-0.15, -0.1) is 0 Å². The maximum absolute atomic E-state index is 11.6. The topological polar surface area (TPSA) is 70.9 Å². The van der Waals surface area contributed by atoms with Gasteiger partial charge in [-0.2, -0.15) is 0 Å². The van der Waals surface area contributed by atoms with Gasteiger partial charge in [0.25, 0.3) is 0 Å². The number of nitrogens with one attached hydrogen (secondary N) is 2. The van der Waals surface area contributed by atoms with E-state index in [-0.39, 0.29) is 17.4 Å². The number of H-pyrrole nitrogens is 1. The first-order chi connectivity index (χ1) is 7.92. The monoisotopic (exact) mass is 237 g/mol. The van der Waals surface area contributed by atoms with Crippen molar-refractivity contribution < 1.29 is 4.79 Å². The van der Waals surface area contributed by atoms with E-state index < -0.39 is 0 Å². The fraction of sp³-hybridized carbons (Fsp3) is 0.615. The predicted octanol–water partition coefficient (Wildman–Crippen LogP) is 1.54. The van der Waals surface area contributed by atoms with Crippen LogP contribution in [0.15, 0.2) is 18.3 Å². The molecule has 1 unspecified atom stereocenters. The number of carbonyl (C=O) groups is 1. The van der Waals surface area contributed by atoms with E-state index in [4.69, 9.17) is 5.73 Å². The number of aromatic nitrogens is 1. The van der Waals surface area contributed by atoms with Crippen LogP contribution in [0, 0.1) is 0 Å². The van der Waals surface area contributed by atoms with Gasteiger partial charge in [0.2, 0.25) is 5.91 Å². The highest BCUT2D eigenvalue weighted by Crippen LogP contribution is 2.19. The fourth-order valence-corrected chi connectivity index (χ4v) is 1.61. The lowest BCUT2D eigenvalue weighted by atomic mass is 9.89. The number of amides is 1. The smallest absolute Gasteiger partial charge is 0.220 e. The van der Waals surface area contributed by atoms with Gasteiger partial charge >= 0.3 is 0 Å². The Hall–Kier alpha value is -1.29. The quantitative estimate of drug-likeness (QED) is 0.702. The molecule has 0 bridgehead atoms. The first-order valence-corrected chi connectivity index (χ1v) is 6.08. The van der Waals surface area contributed by atoms with E-state index in [9.17, 15) is 4.79 Å². The van der Waals surface area contributed by atoms with E-state index in [1.165, 1.54) is 0 Å². The van der Waals surface area contributed by atoms with Crippen molar-refractivity contribution in [3.8, 4) is 0 Å². The maximum atomic E-state index is 11.6. The van der Waals surface area contributed by atoms with Crippen molar-refractivity contribution in [3.63, 3.8) is 0 Å². The molecule has 1 aromatic heterocycles. The van der Waals surface area contributed by atoms with Gasteiger partial charge in [0, 0.05) is 36.3 Å². The van der Waals surface area contributed by atoms with Gasteiger partial charge in [-0.3, -0.25) is 4.79 Å². The summed E-state index contributed by atoms with van der Waals surface area (Å²) in [5, 5.41) is 2.95. The lowest BCUT2D eigenvalue weighted by molar-refractivity contribution is -0.121. The Morgan fingerprint density at radius 2 is 2.29 bits per heavy atom. The zero-order chi connectivity index (χ0) is 12.9. The molecular weight excluding hydrogens is 214 g/mol. The molecule has 0 aromatic carbocycles. The Kier molecular flexibility index (Phi) is 4.75. The first-order valence-electron chi connectivity index (χ1n) is 6.08. The summed E-state index contributed by atoms with van der Waals surface area (Å²) in [6.07, 6.45) is 3.13. The van der Waals surface area contributed by atoms with Gasteiger partial charge in [0.15, 0.2) is 0 Å². The number of rotatable bonds is 6. The zero-order valence-electron chi connectivity index (χ0n) is 10.9. The SMILES string of the molecule is CC(N)CCC(=O)NCC(C)(C)c1ccc[nH]1. The van der Waals surface area contributed by atoms with Crippen molar-refractivity contribution in [2.75, 3.05) is 6.54 Å². The van der Waals surface area contributed by atoms with Crippen molar-refractivity contribution in [2.45, 2.75) is 45.1 Å². The van der Waals surface area contributed by atoms with Crippen LogP contribution in [0.1, 0.15) is 39.3 Å². The Labute approximate surface area is 103 Å². The van der Waals surface area contributed by atoms with Crippen molar-refractivity contribution in [1.82, 2.24) is 10.3 Å².